The smallest absolute Gasteiger partial charge is 0.0103 e. The number of nitrogens with one attached hydrogen (secondary N) is 1. The third-order valence-electron chi connectivity index (χ3n) is 5.01. The van der Waals surface area contributed by atoms with Gasteiger partial charge in [-0.2, -0.15) is 0 Å². The van der Waals surface area contributed by atoms with E-state index in [1.807, 2.05) is 0 Å². The van der Waals surface area contributed by atoms with Crippen molar-refractivity contribution in [3.8, 4) is 0 Å². The average Bonchev–Trinajstić information content (AvgIpc) is 2.29. The SMILES string of the molecule is CCCCCC(C)(C)C1CCC(C)CC1NCC. The van der Waals surface area contributed by atoms with Crippen LogP contribution in [-0.4, -0.2) is 12.6 Å². The van der Waals surface area contributed by atoms with E-state index in [4.69, 9.17) is 0 Å². The molecule has 0 radical (unpaired) electrons. The van der Waals surface area contributed by atoms with Crippen molar-refractivity contribution in [2.45, 2.75) is 85.6 Å². The van der Waals surface area contributed by atoms with E-state index in [9.17, 15) is 0 Å². The Morgan fingerprint density at radius 2 is 1.83 bits per heavy atom. The van der Waals surface area contributed by atoms with Crippen LogP contribution in [0.3, 0.4) is 0 Å². The normalized spacial score (nSPS) is 29.5. The lowest BCUT2D eigenvalue weighted by atomic mass is 9.64. The number of rotatable bonds is 7. The summed E-state index contributed by atoms with van der Waals surface area (Å²) in [5, 5.41) is 3.76. The Kier molecular flexibility index (Phi) is 6.70. The maximum Gasteiger partial charge on any atom is 0.0103 e. The molecular weight excluding hydrogens is 218 g/mol. The Bertz CT molecular complexity index is 222. The fourth-order valence-corrected chi connectivity index (χ4v) is 3.82. The zero-order chi connectivity index (χ0) is 13.6. The zero-order valence-electron chi connectivity index (χ0n) is 13.4. The molecule has 0 heterocycles. The average molecular weight is 253 g/mol. The highest BCUT2D eigenvalue weighted by atomic mass is 14.9. The first-order valence-electron chi connectivity index (χ1n) is 8.24. The van der Waals surface area contributed by atoms with Crippen LogP contribution in [0.15, 0.2) is 0 Å². The van der Waals surface area contributed by atoms with Gasteiger partial charge in [-0.1, -0.05) is 60.3 Å². The number of hydrogen-bond donors (Lipinski definition) is 1. The Morgan fingerprint density at radius 1 is 1.11 bits per heavy atom. The van der Waals surface area contributed by atoms with Gasteiger partial charge in [0.2, 0.25) is 0 Å². The van der Waals surface area contributed by atoms with Gasteiger partial charge >= 0.3 is 0 Å². The molecule has 0 aliphatic heterocycles. The van der Waals surface area contributed by atoms with Gasteiger partial charge < -0.3 is 5.32 Å². The summed E-state index contributed by atoms with van der Waals surface area (Å²) in [5.74, 6) is 1.79. The van der Waals surface area contributed by atoms with Crippen LogP contribution in [0.4, 0.5) is 0 Å². The van der Waals surface area contributed by atoms with Crippen molar-refractivity contribution in [2.24, 2.45) is 17.3 Å². The Hall–Kier alpha value is -0.0400. The first-order chi connectivity index (χ1) is 8.51. The van der Waals surface area contributed by atoms with Crippen molar-refractivity contribution < 1.29 is 0 Å². The second-order valence-corrected chi connectivity index (χ2v) is 7.13. The third kappa shape index (κ3) is 4.57. The minimum atomic E-state index is 0.516. The van der Waals surface area contributed by atoms with Gasteiger partial charge in [0.15, 0.2) is 0 Å². The highest BCUT2D eigenvalue weighted by Gasteiger charge is 2.37. The first-order valence-corrected chi connectivity index (χ1v) is 8.24. The molecule has 1 saturated carbocycles. The third-order valence-corrected chi connectivity index (χ3v) is 5.01. The highest BCUT2D eigenvalue weighted by Crippen LogP contribution is 2.43. The van der Waals surface area contributed by atoms with Crippen LogP contribution >= 0.6 is 0 Å². The molecule has 108 valence electrons. The van der Waals surface area contributed by atoms with E-state index in [1.165, 1.54) is 44.9 Å². The van der Waals surface area contributed by atoms with Gasteiger partial charge in [-0.3, -0.25) is 0 Å². The summed E-state index contributed by atoms with van der Waals surface area (Å²) >= 11 is 0. The predicted molar refractivity (Wildman–Crippen MR) is 81.9 cm³/mol. The number of unbranched alkanes of at least 4 members (excludes halogenated alkanes) is 2. The Balaban J connectivity index is 2.58. The molecule has 0 bridgehead atoms. The Morgan fingerprint density at radius 3 is 2.44 bits per heavy atom. The fraction of sp³-hybridized carbons (Fsp3) is 1.00. The molecule has 1 N–H and O–H groups in total. The standard InChI is InChI=1S/C17H35N/c1-6-8-9-12-17(4,5)15-11-10-14(3)13-16(15)18-7-2/h14-16,18H,6-13H2,1-5H3. The van der Waals surface area contributed by atoms with E-state index in [0.717, 1.165) is 24.4 Å². The van der Waals surface area contributed by atoms with Gasteiger partial charge in [0.05, 0.1) is 0 Å². The van der Waals surface area contributed by atoms with Gasteiger partial charge in [0, 0.05) is 6.04 Å². The molecule has 0 aromatic carbocycles. The lowest BCUT2D eigenvalue weighted by molar-refractivity contribution is 0.0852. The molecular formula is C17H35N. The van der Waals surface area contributed by atoms with E-state index in [-0.39, 0.29) is 0 Å². The predicted octanol–water partition coefficient (Wildman–Crippen LogP) is 5.01. The van der Waals surface area contributed by atoms with Crippen LogP contribution < -0.4 is 5.32 Å². The summed E-state index contributed by atoms with van der Waals surface area (Å²) in [6, 6.07) is 0.760. The quantitative estimate of drug-likeness (QED) is 0.629. The lowest BCUT2D eigenvalue weighted by Crippen LogP contribution is -2.46. The van der Waals surface area contributed by atoms with Crippen molar-refractivity contribution in [1.82, 2.24) is 5.32 Å². The van der Waals surface area contributed by atoms with Gasteiger partial charge in [-0.05, 0) is 43.1 Å². The van der Waals surface area contributed by atoms with E-state index >= 15 is 0 Å². The minimum Gasteiger partial charge on any atom is -0.314 e. The largest absolute Gasteiger partial charge is 0.314 e. The summed E-state index contributed by atoms with van der Waals surface area (Å²) in [6.07, 6.45) is 9.81. The highest BCUT2D eigenvalue weighted by molar-refractivity contribution is 4.91. The van der Waals surface area contributed by atoms with Gasteiger partial charge in [-0.15, -0.1) is 0 Å². The van der Waals surface area contributed by atoms with E-state index in [1.54, 1.807) is 0 Å². The van der Waals surface area contributed by atoms with Crippen molar-refractivity contribution in [1.29, 1.82) is 0 Å². The van der Waals surface area contributed by atoms with Crippen LogP contribution in [-0.2, 0) is 0 Å². The summed E-state index contributed by atoms with van der Waals surface area (Å²) in [5.41, 5.74) is 0.516. The first kappa shape index (κ1) is 16.0. The van der Waals surface area contributed by atoms with E-state index in [2.05, 4.69) is 39.9 Å². The topological polar surface area (TPSA) is 12.0 Å². The molecule has 18 heavy (non-hydrogen) atoms. The zero-order valence-corrected chi connectivity index (χ0v) is 13.4. The molecule has 1 aliphatic carbocycles. The maximum absolute atomic E-state index is 3.76. The monoisotopic (exact) mass is 253 g/mol. The van der Waals surface area contributed by atoms with Gasteiger partial charge in [-0.25, -0.2) is 0 Å². The lowest BCUT2D eigenvalue weighted by Gasteiger charge is -2.45. The second-order valence-electron chi connectivity index (χ2n) is 7.13. The molecule has 3 atom stereocenters. The Labute approximate surface area is 115 Å². The molecule has 0 aromatic rings. The summed E-state index contributed by atoms with van der Waals surface area (Å²) in [6.45, 7) is 13.1. The molecule has 1 heteroatoms. The molecule has 1 rings (SSSR count). The molecule has 0 aromatic heterocycles. The van der Waals surface area contributed by atoms with Crippen LogP contribution in [0.5, 0.6) is 0 Å². The van der Waals surface area contributed by atoms with E-state index < -0.39 is 0 Å². The van der Waals surface area contributed by atoms with Crippen molar-refractivity contribution in [3.05, 3.63) is 0 Å². The maximum atomic E-state index is 3.76. The summed E-state index contributed by atoms with van der Waals surface area (Å²) in [7, 11) is 0. The molecule has 1 aliphatic rings. The van der Waals surface area contributed by atoms with Crippen molar-refractivity contribution in [3.63, 3.8) is 0 Å². The second kappa shape index (κ2) is 7.53. The molecule has 1 fully saturated rings. The van der Waals surface area contributed by atoms with E-state index in [0.29, 0.717) is 5.41 Å². The summed E-state index contributed by atoms with van der Waals surface area (Å²) in [4.78, 5) is 0. The molecule has 3 unspecified atom stereocenters. The molecule has 0 spiro atoms. The van der Waals surface area contributed by atoms with Crippen LogP contribution in [0, 0.1) is 17.3 Å². The van der Waals surface area contributed by atoms with Gasteiger partial charge in [0.25, 0.3) is 0 Å². The molecule has 0 amide bonds. The molecule has 0 saturated heterocycles. The molecule has 1 nitrogen and oxygen atoms in total. The van der Waals surface area contributed by atoms with Crippen LogP contribution in [0.25, 0.3) is 0 Å². The summed E-state index contributed by atoms with van der Waals surface area (Å²) < 4.78 is 0. The van der Waals surface area contributed by atoms with Crippen LogP contribution in [0.2, 0.25) is 0 Å². The van der Waals surface area contributed by atoms with Crippen LogP contribution in [0.1, 0.15) is 79.6 Å². The van der Waals surface area contributed by atoms with Crippen molar-refractivity contribution >= 4 is 0 Å². The van der Waals surface area contributed by atoms with Crippen molar-refractivity contribution in [2.75, 3.05) is 6.54 Å². The minimum absolute atomic E-state index is 0.516. The number of hydrogen-bond acceptors (Lipinski definition) is 1. The van der Waals surface area contributed by atoms with Gasteiger partial charge in [0.1, 0.15) is 0 Å². The fourth-order valence-electron chi connectivity index (χ4n) is 3.82.